The van der Waals surface area contributed by atoms with Gasteiger partial charge in [-0.15, -0.1) is 0 Å². The second kappa shape index (κ2) is 6.99. The van der Waals surface area contributed by atoms with Crippen molar-refractivity contribution in [3.8, 4) is 0 Å². The van der Waals surface area contributed by atoms with Gasteiger partial charge in [-0.3, -0.25) is 0 Å². The summed E-state index contributed by atoms with van der Waals surface area (Å²) in [5, 5.41) is 1.53. The van der Waals surface area contributed by atoms with Gasteiger partial charge < -0.3 is 0 Å². The van der Waals surface area contributed by atoms with E-state index in [0.29, 0.717) is 21.5 Å². The van der Waals surface area contributed by atoms with E-state index in [4.69, 9.17) is 34.8 Å². The molecule has 0 saturated heterocycles. The van der Waals surface area contributed by atoms with E-state index in [-0.39, 0.29) is 11.4 Å². The van der Waals surface area contributed by atoms with E-state index in [9.17, 15) is 8.42 Å². The van der Waals surface area contributed by atoms with Crippen LogP contribution in [-0.2, 0) is 16.4 Å². The van der Waals surface area contributed by atoms with Crippen molar-refractivity contribution in [1.82, 2.24) is 4.72 Å². The molecule has 0 saturated carbocycles. The molecule has 0 aliphatic carbocycles. The Labute approximate surface area is 138 Å². The number of halogens is 3. The summed E-state index contributed by atoms with van der Waals surface area (Å²) in [7, 11) is -3.57. The van der Waals surface area contributed by atoms with E-state index >= 15 is 0 Å². The maximum Gasteiger partial charge on any atom is 0.240 e. The molecule has 1 N–H and O–H groups in total. The van der Waals surface area contributed by atoms with Crippen LogP contribution in [0.1, 0.15) is 5.56 Å². The first-order valence-electron chi connectivity index (χ1n) is 6.08. The molecule has 2 aromatic rings. The summed E-state index contributed by atoms with van der Waals surface area (Å²) in [5.41, 5.74) is 0.722. The van der Waals surface area contributed by atoms with E-state index in [1.54, 1.807) is 18.2 Å². The summed E-state index contributed by atoms with van der Waals surface area (Å²) in [4.78, 5) is 0.164. The molecule has 0 unspecified atom stereocenters. The molecule has 7 heteroatoms. The summed E-state index contributed by atoms with van der Waals surface area (Å²) < 4.78 is 26.7. The highest BCUT2D eigenvalue weighted by Gasteiger charge is 2.14. The Balaban J connectivity index is 2.04. The monoisotopic (exact) mass is 363 g/mol. The quantitative estimate of drug-likeness (QED) is 0.865. The molecule has 0 bridgehead atoms. The Kier molecular flexibility index (Phi) is 5.52. The van der Waals surface area contributed by atoms with Crippen molar-refractivity contribution in [2.24, 2.45) is 0 Å². The Hall–Kier alpha value is -0.780. The lowest BCUT2D eigenvalue weighted by Gasteiger charge is -2.09. The van der Waals surface area contributed by atoms with Gasteiger partial charge in [0.2, 0.25) is 10.0 Å². The van der Waals surface area contributed by atoms with Crippen LogP contribution in [-0.4, -0.2) is 15.0 Å². The van der Waals surface area contributed by atoms with Crippen LogP contribution in [0.15, 0.2) is 47.4 Å². The van der Waals surface area contributed by atoms with Gasteiger partial charge in [0.25, 0.3) is 0 Å². The average molecular weight is 365 g/mol. The molecule has 0 heterocycles. The van der Waals surface area contributed by atoms with Gasteiger partial charge in [0.1, 0.15) is 0 Å². The van der Waals surface area contributed by atoms with Crippen molar-refractivity contribution >= 4 is 44.8 Å². The van der Waals surface area contributed by atoms with Gasteiger partial charge in [-0.05, 0) is 48.4 Å². The predicted octanol–water partition coefficient (Wildman–Crippen LogP) is 4.17. The minimum Gasteiger partial charge on any atom is -0.211 e. The SMILES string of the molecule is O=S(=O)(NCCc1c(Cl)cccc1Cl)c1ccc(Cl)cc1. The molecule has 112 valence electrons. The Morgan fingerprint density at radius 2 is 1.48 bits per heavy atom. The smallest absolute Gasteiger partial charge is 0.211 e. The van der Waals surface area contributed by atoms with E-state index in [0.717, 1.165) is 5.56 Å². The third-order valence-electron chi connectivity index (χ3n) is 2.85. The van der Waals surface area contributed by atoms with Crippen LogP contribution in [0.5, 0.6) is 0 Å². The molecule has 0 amide bonds. The third-order valence-corrected chi connectivity index (χ3v) is 5.29. The summed E-state index contributed by atoms with van der Waals surface area (Å²) >= 11 is 17.8. The Morgan fingerprint density at radius 3 is 2.05 bits per heavy atom. The predicted molar refractivity (Wildman–Crippen MR) is 86.8 cm³/mol. The second-order valence-electron chi connectivity index (χ2n) is 4.30. The molecule has 2 rings (SSSR count). The number of hydrogen-bond acceptors (Lipinski definition) is 2. The first kappa shape index (κ1) is 16.6. The normalized spacial score (nSPS) is 11.6. The zero-order valence-corrected chi connectivity index (χ0v) is 13.9. The van der Waals surface area contributed by atoms with Gasteiger partial charge in [0, 0.05) is 21.6 Å². The first-order valence-corrected chi connectivity index (χ1v) is 8.70. The lowest BCUT2D eigenvalue weighted by atomic mass is 10.1. The summed E-state index contributed by atoms with van der Waals surface area (Å²) in [6, 6.07) is 11.1. The molecule has 0 atom stereocenters. The molecular weight excluding hydrogens is 353 g/mol. The summed E-state index contributed by atoms with van der Waals surface area (Å²) in [6.45, 7) is 0.203. The van der Waals surface area contributed by atoms with Crippen molar-refractivity contribution in [1.29, 1.82) is 0 Å². The fourth-order valence-corrected chi connectivity index (χ4v) is 3.52. The largest absolute Gasteiger partial charge is 0.240 e. The molecule has 0 spiro atoms. The van der Waals surface area contributed by atoms with Gasteiger partial charge in [-0.2, -0.15) is 0 Å². The van der Waals surface area contributed by atoms with E-state index < -0.39 is 10.0 Å². The van der Waals surface area contributed by atoms with Gasteiger partial charge in [-0.25, -0.2) is 13.1 Å². The molecule has 0 aromatic heterocycles. The van der Waals surface area contributed by atoms with E-state index in [1.807, 2.05) is 0 Å². The number of sulfonamides is 1. The molecule has 2 aromatic carbocycles. The standard InChI is InChI=1S/C14H12Cl3NO2S/c15-10-4-6-11(7-5-10)21(19,20)18-9-8-12-13(16)2-1-3-14(12)17/h1-7,18H,8-9H2. The maximum absolute atomic E-state index is 12.1. The van der Waals surface area contributed by atoms with Crippen LogP contribution in [0.2, 0.25) is 15.1 Å². The van der Waals surface area contributed by atoms with Gasteiger partial charge in [0.05, 0.1) is 4.90 Å². The zero-order chi connectivity index (χ0) is 15.5. The van der Waals surface area contributed by atoms with Crippen LogP contribution in [0.3, 0.4) is 0 Å². The Morgan fingerprint density at radius 1 is 0.905 bits per heavy atom. The molecule has 0 aliphatic heterocycles. The minimum atomic E-state index is -3.57. The van der Waals surface area contributed by atoms with Crippen LogP contribution >= 0.6 is 34.8 Å². The first-order chi connectivity index (χ1) is 9.90. The third kappa shape index (κ3) is 4.34. The van der Waals surface area contributed by atoms with Crippen molar-refractivity contribution in [3.63, 3.8) is 0 Å². The average Bonchev–Trinajstić information content (AvgIpc) is 2.42. The highest BCUT2D eigenvalue weighted by molar-refractivity contribution is 7.89. The molecule has 0 fully saturated rings. The van der Waals surface area contributed by atoms with Crippen molar-refractivity contribution in [3.05, 3.63) is 63.1 Å². The van der Waals surface area contributed by atoms with Crippen LogP contribution in [0.25, 0.3) is 0 Å². The van der Waals surface area contributed by atoms with E-state index in [2.05, 4.69) is 4.72 Å². The number of nitrogens with one attached hydrogen (secondary N) is 1. The second-order valence-corrected chi connectivity index (χ2v) is 7.32. The number of hydrogen-bond donors (Lipinski definition) is 1. The fraction of sp³-hybridized carbons (Fsp3) is 0.143. The maximum atomic E-state index is 12.1. The van der Waals surface area contributed by atoms with Crippen LogP contribution in [0.4, 0.5) is 0 Å². The van der Waals surface area contributed by atoms with Crippen LogP contribution < -0.4 is 4.72 Å². The van der Waals surface area contributed by atoms with Gasteiger partial charge >= 0.3 is 0 Å². The summed E-state index contributed by atoms with van der Waals surface area (Å²) in [5.74, 6) is 0. The number of rotatable bonds is 5. The van der Waals surface area contributed by atoms with Crippen molar-refractivity contribution < 1.29 is 8.42 Å². The molecule has 21 heavy (non-hydrogen) atoms. The van der Waals surface area contributed by atoms with E-state index in [1.165, 1.54) is 24.3 Å². The fourth-order valence-electron chi connectivity index (χ4n) is 1.78. The molecule has 0 aliphatic rings. The topological polar surface area (TPSA) is 46.2 Å². The highest BCUT2D eigenvalue weighted by atomic mass is 35.5. The minimum absolute atomic E-state index is 0.164. The van der Waals surface area contributed by atoms with Gasteiger partial charge in [-0.1, -0.05) is 40.9 Å². The molecular formula is C14H12Cl3NO2S. The Bertz CT molecular complexity index is 710. The van der Waals surface area contributed by atoms with Crippen molar-refractivity contribution in [2.75, 3.05) is 6.54 Å². The summed E-state index contributed by atoms with van der Waals surface area (Å²) in [6.07, 6.45) is 0.408. The molecule has 0 radical (unpaired) electrons. The lowest BCUT2D eigenvalue weighted by molar-refractivity contribution is 0.581. The molecule has 3 nitrogen and oxygen atoms in total. The van der Waals surface area contributed by atoms with Crippen LogP contribution in [0, 0.1) is 0 Å². The van der Waals surface area contributed by atoms with Gasteiger partial charge in [0.15, 0.2) is 0 Å². The number of benzene rings is 2. The lowest BCUT2D eigenvalue weighted by Crippen LogP contribution is -2.26. The van der Waals surface area contributed by atoms with Crippen molar-refractivity contribution in [2.45, 2.75) is 11.3 Å². The zero-order valence-electron chi connectivity index (χ0n) is 10.8. The highest BCUT2D eigenvalue weighted by Crippen LogP contribution is 2.24.